The third-order valence-electron chi connectivity index (χ3n) is 3.33. The lowest BCUT2D eigenvalue weighted by atomic mass is 10.0. The molecule has 0 unspecified atom stereocenters. The van der Waals surface area contributed by atoms with Gasteiger partial charge in [0.05, 0.1) is 11.1 Å². The van der Waals surface area contributed by atoms with Crippen LogP contribution in [0, 0.1) is 0 Å². The highest BCUT2D eigenvalue weighted by Crippen LogP contribution is 2.38. The number of carboxylic acids is 1. The first-order valence-electron chi connectivity index (χ1n) is 6.14. The van der Waals surface area contributed by atoms with Gasteiger partial charge in [-0.3, -0.25) is 0 Å². The number of carbonyl (C=O) groups is 1. The van der Waals surface area contributed by atoms with Crippen molar-refractivity contribution in [1.29, 1.82) is 0 Å². The molecule has 3 nitrogen and oxygen atoms in total. The lowest BCUT2D eigenvalue weighted by Gasteiger charge is -2.30. The van der Waals surface area contributed by atoms with Crippen LogP contribution in [0.15, 0.2) is 29.8 Å². The van der Waals surface area contributed by atoms with Gasteiger partial charge in [-0.2, -0.15) is 13.2 Å². The molecular weight excluding hydrogens is 271 g/mol. The molecule has 20 heavy (non-hydrogen) atoms. The number of alkyl halides is 3. The molecule has 0 saturated carbocycles. The Kier molecular flexibility index (Phi) is 3.74. The van der Waals surface area contributed by atoms with Crippen LogP contribution in [0.2, 0.25) is 0 Å². The lowest BCUT2D eigenvalue weighted by molar-refractivity contribution is -0.137. The third-order valence-corrected chi connectivity index (χ3v) is 3.33. The number of hydrogen-bond acceptors (Lipinski definition) is 2. The summed E-state index contributed by atoms with van der Waals surface area (Å²) in [6, 6.07) is 3.14. The van der Waals surface area contributed by atoms with E-state index in [1.807, 2.05) is 13.0 Å². The highest BCUT2D eigenvalue weighted by molar-refractivity contribution is 5.88. The van der Waals surface area contributed by atoms with Crippen molar-refractivity contribution in [2.75, 3.05) is 18.0 Å². The molecule has 0 aromatic heterocycles. The minimum absolute atomic E-state index is 0.0336. The van der Waals surface area contributed by atoms with Crippen LogP contribution in [0.5, 0.6) is 0 Å². The summed E-state index contributed by atoms with van der Waals surface area (Å²) in [5.74, 6) is -1.36. The molecule has 108 valence electrons. The summed E-state index contributed by atoms with van der Waals surface area (Å²) in [4.78, 5) is 12.4. The van der Waals surface area contributed by atoms with Crippen LogP contribution < -0.4 is 4.90 Å². The molecular formula is C14H14F3NO2. The molecule has 1 heterocycles. The summed E-state index contributed by atoms with van der Waals surface area (Å²) in [5, 5.41) is 8.82. The number of carboxylic acid groups (broad SMARTS) is 1. The van der Waals surface area contributed by atoms with Crippen LogP contribution in [0.1, 0.15) is 29.3 Å². The van der Waals surface area contributed by atoms with Crippen molar-refractivity contribution in [3.05, 3.63) is 41.0 Å². The third kappa shape index (κ3) is 2.95. The zero-order valence-corrected chi connectivity index (χ0v) is 10.9. The lowest BCUT2D eigenvalue weighted by Crippen LogP contribution is -2.30. The van der Waals surface area contributed by atoms with Crippen molar-refractivity contribution in [3.63, 3.8) is 0 Å². The number of nitrogens with zero attached hydrogens (tertiary/aromatic N) is 1. The maximum atomic E-state index is 13.1. The van der Waals surface area contributed by atoms with Crippen molar-refractivity contribution in [3.8, 4) is 0 Å². The summed E-state index contributed by atoms with van der Waals surface area (Å²) < 4.78 is 39.3. The largest absolute Gasteiger partial charge is 0.478 e. The first-order chi connectivity index (χ1) is 9.29. The predicted molar refractivity (Wildman–Crippen MR) is 69.0 cm³/mol. The molecule has 0 fully saturated rings. The van der Waals surface area contributed by atoms with Crippen LogP contribution in [-0.2, 0) is 6.18 Å². The van der Waals surface area contributed by atoms with Gasteiger partial charge < -0.3 is 10.0 Å². The van der Waals surface area contributed by atoms with Gasteiger partial charge in [0.25, 0.3) is 0 Å². The maximum Gasteiger partial charge on any atom is 0.418 e. The van der Waals surface area contributed by atoms with Crippen molar-refractivity contribution < 1.29 is 23.1 Å². The Bertz CT molecular complexity index is 564. The molecule has 6 heteroatoms. The smallest absolute Gasteiger partial charge is 0.418 e. The number of benzene rings is 1. The topological polar surface area (TPSA) is 40.5 Å². The number of halogens is 3. The van der Waals surface area contributed by atoms with Crippen LogP contribution in [-0.4, -0.2) is 24.2 Å². The van der Waals surface area contributed by atoms with Crippen molar-refractivity contribution in [2.24, 2.45) is 0 Å². The van der Waals surface area contributed by atoms with Crippen molar-refractivity contribution in [2.45, 2.75) is 19.5 Å². The van der Waals surface area contributed by atoms with Crippen LogP contribution >= 0.6 is 0 Å². The van der Waals surface area contributed by atoms with Gasteiger partial charge >= 0.3 is 12.1 Å². The summed E-state index contributed by atoms with van der Waals surface area (Å²) in [5.41, 5.74) is -0.0709. The Morgan fingerprint density at radius 1 is 1.35 bits per heavy atom. The van der Waals surface area contributed by atoms with Crippen molar-refractivity contribution in [1.82, 2.24) is 0 Å². The quantitative estimate of drug-likeness (QED) is 0.845. The van der Waals surface area contributed by atoms with Crippen molar-refractivity contribution >= 4 is 11.7 Å². The molecule has 0 spiro atoms. The zero-order chi connectivity index (χ0) is 14.9. The highest BCUT2D eigenvalue weighted by atomic mass is 19.4. The zero-order valence-electron chi connectivity index (χ0n) is 10.9. The van der Waals surface area contributed by atoms with E-state index >= 15 is 0 Å². The van der Waals surface area contributed by atoms with Crippen LogP contribution in [0.4, 0.5) is 18.9 Å². The van der Waals surface area contributed by atoms with E-state index in [9.17, 15) is 18.0 Å². The standard InChI is InChI=1S/C14H14F3NO2/c1-9-4-6-18(7-5-9)12-3-2-10(13(19)20)8-11(12)14(15,16)17/h2-4,8H,5-7H2,1H3,(H,19,20). The predicted octanol–water partition coefficient (Wildman–Crippen LogP) is 3.56. The van der Waals surface area contributed by atoms with Gasteiger partial charge in [-0.1, -0.05) is 11.6 Å². The van der Waals surface area contributed by atoms with Crippen LogP contribution in [0.25, 0.3) is 0 Å². The van der Waals surface area contributed by atoms with Gasteiger partial charge in [0.1, 0.15) is 0 Å². The Balaban J connectivity index is 2.45. The molecule has 1 aromatic carbocycles. The molecule has 1 aliphatic heterocycles. The summed E-state index contributed by atoms with van der Waals surface area (Å²) >= 11 is 0. The fourth-order valence-corrected chi connectivity index (χ4v) is 2.16. The van der Waals surface area contributed by atoms with E-state index < -0.39 is 17.7 Å². The molecule has 1 aromatic rings. The van der Waals surface area contributed by atoms with Gasteiger partial charge in [-0.25, -0.2) is 4.79 Å². The van der Waals surface area contributed by atoms with E-state index in [0.29, 0.717) is 25.6 Å². The van der Waals surface area contributed by atoms with Gasteiger partial charge in [0, 0.05) is 18.8 Å². The van der Waals surface area contributed by atoms with Gasteiger partial charge in [0.15, 0.2) is 0 Å². The summed E-state index contributed by atoms with van der Waals surface area (Å²) in [6.45, 7) is 2.84. The normalized spacial score (nSPS) is 16.0. The minimum atomic E-state index is -4.57. The first kappa shape index (κ1) is 14.4. The van der Waals surface area contributed by atoms with E-state index in [0.717, 1.165) is 5.57 Å². The summed E-state index contributed by atoms with van der Waals surface area (Å²) in [6.07, 6.45) is -1.98. The summed E-state index contributed by atoms with van der Waals surface area (Å²) in [7, 11) is 0. The second-order valence-electron chi connectivity index (χ2n) is 4.78. The molecule has 0 atom stereocenters. The first-order valence-corrected chi connectivity index (χ1v) is 6.14. The molecule has 2 rings (SSSR count). The number of rotatable bonds is 2. The molecule has 0 bridgehead atoms. The van der Waals surface area contributed by atoms with Gasteiger partial charge in [-0.15, -0.1) is 0 Å². The molecule has 0 amide bonds. The van der Waals surface area contributed by atoms with Gasteiger partial charge in [-0.05, 0) is 31.5 Å². The Labute approximate surface area is 114 Å². The van der Waals surface area contributed by atoms with E-state index in [4.69, 9.17) is 5.11 Å². The monoisotopic (exact) mass is 285 g/mol. The molecule has 0 aliphatic carbocycles. The minimum Gasteiger partial charge on any atom is -0.478 e. The van der Waals surface area contributed by atoms with E-state index in [1.165, 1.54) is 12.1 Å². The van der Waals surface area contributed by atoms with E-state index in [2.05, 4.69) is 0 Å². The Morgan fingerprint density at radius 3 is 2.55 bits per heavy atom. The fourth-order valence-electron chi connectivity index (χ4n) is 2.16. The molecule has 0 radical (unpaired) electrons. The molecule has 0 saturated heterocycles. The average molecular weight is 285 g/mol. The maximum absolute atomic E-state index is 13.1. The second kappa shape index (κ2) is 5.19. The SMILES string of the molecule is CC1=CCN(c2ccc(C(=O)O)cc2C(F)(F)F)CC1. The van der Waals surface area contributed by atoms with Gasteiger partial charge in [0.2, 0.25) is 0 Å². The van der Waals surface area contributed by atoms with E-state index in [-0.39, 0.29) is 11.3 Å². The number of hydrogen-bond donors (Lipinski definition) is 1. The Morgan fingerprint density at radius 2 is 2.05 bits per heavy atom. The van der Waals surface area contributed by atoms with Crippen LogP contribution in [0.3, 0.4) is 0 Å². The molecule has 1 N–H and O–H groups in total. The Hall–Kier alpha value is -1.98. The number of anilines is 1. The van der Waals surface area contributed by atoms with E-state index in [1.54, 1.807) is 4.90 Å². The number of aromatic carboxylic acids is 1. The molecule has 1 aliphatic rings. The fraction of sp³-hybridized carbons (Fsp3) is 0.357. The average Bonchev–Trinajstić information content (AvgIpc) is 2.38. The second-order valence-corrected chi connectivity index (χ2v) is 4.78. The highest BCUT2D eigenvalue weighted by Gasteiger charge is 2.35.